The monoisotopic (exact) mass is 658 g/mol. The highest BCUT2D eigenvalue weighted by Gasteiger charge is 2.24. The second kappa shape index (κ2) is 19.5. The third-order valence-electron chi connectivity index (χ3n) is 7.01. The van der Waals surface area contributed by atoms with Crippen molar-refractivity contribution >= 4 is 30.0 Å². The minimum absolute atomic E-state index is 0.181. The van der Waals surface area contributed by atoms with E-state index in [0.717, 1.165) is 42.9 Å². The first kappa shape index (κ1) is 37.3. The molecule has 0 unspecified atom stereocenters. The second-order valence-corrected chi connectivity index (χ2v) is 12.3. The van der Waals surface area contributed by atoms with Crippen LogP contribution >= 0.6 is 0 Å². The van der Waals surface area contributed by atoms with Crippen molar-refractivity contribution in [3.63, 3.8) is 0 Å². The van der Waals surface area contributed by atoms with E-state index in [1.807, 2.05) is 75.4 Å². The van der Waals surface area contributed by atoms with E-state index in [4.69, 9.17) is 19.3 Å². The van der Waals surface area contributed by atoms with Crippen LogP contribution in [0.5, 0.6) is 11.5 Å². The number of carbonyl (C=O) groups is 4. The van der Waals surface area contributed by atoms with Gasteiger partial charge in [0.25, 0.3) is 0 Å². The number of benzene rings is 3. The highest BCUT2D eigenvalue weighted by Crippen LogP contribution is 2.21. The molecule has 256 valence electrons. The third kappa shape index (κ3) is 15.0. The summed E-state index contributed by atoms with van der Waals surface area (Å²) >= 11 is 0. The van der Waals surface area contributed by atoms with Gasteiger partial charge in [0.05, 0.1) is 6.61 Å². The van der Waals surface area contributed by atoms with Crippen LogP contribution in [0.15, 0.2) is 84.9 Å². The summed E-state index contributed by atoms with van der Waals surface area (Å²) in [6, 6.07) is 22.6. The van der Waals surface area contributed by atoms with E-state index in [2.05, 4.69) is 10.6 Å². The van der Waals surface area contributed by atoms with Gasteiger partial charge in [-0.1, -0.05) is 73.5 Å². The molecular formula is C38H46N2O8. The first-order valence-corrected chi connectivity index (χ1v) is 16.2. The number of hydrogen-bond donors (Lipinski definition) is 3. The summed E-state index contributed by atoms with van der Waals surface area (Å²) in [5.74, 6) is -1.21. The van der Waals surface area contributed by atoms with E-state index in [-0.39, 0.29) is 24.5 Å². The number of rotatable bonds is 18. The van der Waals surface area contributed by atoms with Crippen LogP contribution < -0.4 is 20.1 Å². The van der Waals surface area contributed by atoms with Gasteiger partial charge in [0.15, 0.2) is 0 Å². The molecule has 0 aliphatic rings. The van der Waals surface area contributed by atoms with Crippen molar-refractivity contribution in [2.24, 2.45) is 0 Å². The molecule has 0 aliphatic heterocycles. The molecule has 10 nitrogen and oxygen atoms in total. The van der Waals surface area contributed by atoms with Crippen molar-refractivity contribution in [1.29, 1.82) is 0 Å². The van der Waals surface area contributed by atoms with E-state index < -0.39 is 29.7 Å². The third-order valence-corrected chi connectivity index (χ3v) is 7.01. The Labute approximate surface area is 282 Å². The van der Waals surface area contributed by atoms with E-state index in [1.165, 1.54) is 6.08 Å². The Morgan fingerprint density at radius 2 is 1.52 bits per heavy atom. The molecule has 3 aromatic rings. The van der Waals surface area contributed by atoms with Gasteiger partial charge in [0.1, 0.15) is 23.1 Å². The van der Waals surface area contributed by atoms with Gasteiger partial charge in [0.2, 0.25) is 5.91 Å². The number of aryl methyl sites for hydroxylation is 1. The maximum Gasteiger partial charge on any atom is 0.407 e. The van der Waals surface area contributed by atoms with Gasteiger partial charge in [0, 0.05) is 31.0 Å². The number of carboxylic acid groups (broad SMARTS) is 1. The first-order chi connectivity index (χ1) is 23.0. The lowest BCUT2D eigenvalue weighted by atomic mass is 10.0. The molecule has 0 radical (unpaired) electrons. The molecule has 0 fully saturated rings. The number of esters is 1. The minimum Gasteiger partial charge on any atom is -0.494 e. The molecular weight excluding hydrogens is 612 g/mol. The zero-order chi connectivity index (χ0) is 34.8. The maximum absolute atomic E-state index is 13.4. The Morgan fingerprint density at radius 1 is 0.833 bits per heavy atom. The SMILES string of the molecule is CC(C)(C)OC(=O)NCCCCCCOc1ccc(C[C@H](NC(=O)CCc2ccccc2)C(=O)Oc2ccccc2/C=C\C(=O)O)cc1. The summed E-state index contributed by atoms with van der Waals surface area (Å²) < 4.78 is 16.8. The Kier molecular flexibility index (Phi) is 15.2. The van der Waals surface area contributed by atoms with Crippen LogP contribution in [-0.4, -0.2) is 53.8 Å². The van der Waals surface area contributed by atoms with Gasteiger partial charge in [-0.3, -0.25) is 4.79 Å². The van der Waals surface area contributed by atoms with E-state index >= 15 is 0 Å². The van der Waals surface area contributed by atoms with Crippen molar-refractivity contribution in [3.05, 3.63) is 102 Å². The van der Waals surface area contributed by atoms with E-state index in [9.17, 15) is 19.2 Å². The second-order valence-electron chi connectivity index (χ2n) is 12.3. The first-order valence-electron chi connectivity index (χ1n) is 16.2. The highest BCUT2D eigenvalue weighted by atomic mass is 16.6. The quantitative estimate of drug-likeness (QED) is 0.0608. The van der Waals surface area contributed by atoms with Crippen molar-refractivity contribution in [1.82, 2.24) is 10.6 Å². The van der Waals surface area contributed by atoms with Gasteiger partial charge in [-0.25, -0.2) is 14.4 Å². The number of para-hydroxylation sites is 1. The molecule has 0 aromatic heterocycles. The maximum atomic E-state index is 13.4. The van der Waals surface area contributed by atoms with Crippen LogP contribution in [0.4, 0.5) is 4.79 Å². The summed E-state index contributed by atoms with van der Waals surface area (Å²) in [4.78, 5) is 49.1. The van der Waals surface area contributed by atoms with Crippen molar-refractivity contribution in [3.8, 4) is 11.5 Å². The summed E-state index contributed by atoms with van der Waals surface area (Å²) in [6.45, 7) is 6.59. The van der Waals surface area contributed by atoms with Gasteiger partial charge < -0.3 is 30.0 Å². The molecule has 10 heteroatoms. The molecule has 3 N–H and O–H groups in total. The van der Waals surface area contributed by atoms with E-state index in [1.54, 1.807) is 24.3 Å². The summed E-state index contributed by atoms with van der Waals surface area (Å²) in [6.07, 6.45) is 6.42. The van der Waals surface area contributed by atoms with Crippen LogP contribution in [0.2, 0.25) is 0 Å². The Morgan fingerprint density at radius 3 is 2.23 bits per heavy atom. The fourth-order valence-corrected chi connectivity index (χ4v) is 4.65. The van der Waals surface area contributed by atoms with Gasteiger partial charge >= 0.3 is 18.0 Å². The molecule has 1 atom stereocenters. The van der Waals surface area contributed by atoms with Crippen LogP contribution in [0.3, 0.4) is 0 Å². The lowest BCUT2D eigenvalue weighted by molar-refractivity contribution is -0.139. The van der Waals surface area contributed by atoms with Gasteiger partial charge in [-0.15, -0.1) is 0 Å². The van der Waals surface area contributed by atoms with Crippen LogP contribution in [0, 0.1) is 0 Å². The minimum atomic E-state index is -1.13. The number of alkyl carbamates (subject to hydrolysis) is 1. The lowest BCUT2D eigenvalue weighted by Crippen LogP contribution is -2.44. The van der Waals surface area contributed by atoms with Gasteiger partial charge in [-0.2, -0.15) is 0 Å². The molecule has 3 aromatic carbocycles. The average molecular weight is 659 g/mol. The fourth-order valence-electron chi connectivity index (χ4n) is 4.65. The Hall–Kier alpha value is -5.12. The predicted octanol–water partition coefficient (Wildman–Crippen LogP) is 6.51. The largest absolute Gasteiger partial charge is 0.494 e. The molecule has 0 spiro atoms. The topological polar surface area (TPSA) is 140 Å². The zero-order valence-corrected chi connectivity index (χ0v) is 27.9. The normalized spacial score (nSPS) is 11.8. The predicted molar refractivity (Wildman–Crippen MR) is 184 cm³/mol. The molecule has 0 aliphatic carbocycles. The zero-order valence-electron chi connectivity index (χ0n) is 27.9. The number of hydrogen-bond acceptors (Lipinski definition) is 7. The fraction of sp³-hybridized carbons (Fsp3) is 0.368. The standard InChI is InChI=1S/C38H46N2O8/c1-38(2,3)48-37(45)39-25-11-4-5-12-26-46-31-21-17-29(18-22-31)27-32(40-34(41)23-19-28-13-7-6-8-14-28)36(44)47-33-16-10-9-15-30(33)20-24-35(42)43/h6-10,13-18,20-22,24,32H,4-5,11-12,19,23,25-27H2,1-3H3,(H,39,45)(H,40,41)(H,42,43)/b24-20-/t32-/m0/s1. The smallest absolute Gasteiger partial charge is 0.407 e. The molecule has 0 saturated carbocycles. The number of amides is 2. The number of aliphatic carboxylic acids is 1. The molecule has 0 saturated heterocycles. The number of carboxylic acids is 1. The summed E-state index contributed by atoms with van der Waals surface area (Å²) in [5, 5.41) is 14.6. The van der Waals surface area contributed by atoms with Crippen molar-refractivity contribution in [2.45, 2.75) is 77.4 Å². The Balaban J connectivity index is 1.53. The number of unbranched alkanes of at least 4 members (excludes halogenated alkanes) is 3. The average Bonchev–Trinajstić information content (AvgIpc) is 3.04. The number of nitrogens with one attached hydrogen (secondary N) is 2. The van der Waals surface area contributed by atoms with Crippen LogP contribution in [0.25, 0.3) is 6.08 Å². The summed E-state index contributed by atoms with van der Waals surface area (Å²) in [5.41, 5.74) is 1.71. The lowest BCUT2D eigenvalue weighted by Gasteiger charge is -2.19. The Bertz CT molecular complexity index is 1500. The summed E-state index contributed by atoms with van der Waals surface area (Å²) in [7, 11) is 0. The molecule has 0 bridgehead atoms. The van der Waals surface area contributed by atoms with E-state index in [0.29, 0.717) is 30.9 Å². The number of carbonyl (C=O) groups excluding carboxylic acids is 3. The molecule has 3 rings (SSSR count). The molecule has 0 heterocycles. The number of ether oxygens (including phenoxy) is 3. The van der Waals surface area contributed by atoms with Crippen molar-refractivity contribution < 1.29 is 38.5 Å². The highest BCUT2D eigenvalue weighted by molar-refractivity contribution is 5.88. The van der Waals surface area contributed by atoms with Gasteiger partial charge in [-0.05, 0) is 75.4 Å². The van der Waals surface area contributed by atoms with Crippen LogP contribution in [0.1, 0.15) is 69.6 Å². The van der Waals surface area contributed by atoms with Crippen molar-refractivity contribution in [2.75, 3.05) is 13.2 Å². The molecule has 48 heavy (non-hydrogen) atoms. The molecule has 2 amide bonds. The van der Waals surface area contributed by atoms with Crippen LogP contribution in [-0.2, 0) is 32.0 Å².